The average Bonchev–Trinajstić information content (AvgIpc) is 2.29. The number of aliphatic hydroxyl groups is 2. The van der Waals surface area contributed by atoms with Crippen molar-refractivity contribution in [3.63, 3.8) is 0 Å². The smallest absolute Gasteiger partial charge is 0.124 e. The van der Waals surface area contributed by atoms with E-state index in [9.17, 15) is 5.11 Å². The van der Waals surface area contributed by atoms with Crippen LogP contribution in [0.15, 0.2) is 18.2 Å². The lowest BCUT2D eigenvalue weighted by Gasteiger charge is -2.15. The molecule has 4 nitrogen and oxygen atoms in total. The zero-order valence-electron chi connectivity index (χ0n) is 9.73. The Hall–Kier alpha value is -1.10. The van der Waals surface area contributed by atoms with Gasteiger partial charge in [0.2, 0.25) is 0 Å². The standard InChI is InChI=1S/C12H19NO3/c1-9-3-4-12(16-2)10(7-9)11(15)8-13-5-6-14/h3-4,7,11,13-15H,5-6,8H2,1-2H3. The molecular weight excluding hydrogens is 206 g/mol. The minimum Gasteiger partial charge on any atom is -0.496 e. The molecule has 0 fully saturated rings. The molecule has 4 heteroatoms. The van der Waals surface area contributed by atoms with Crippen LogP contribution in [-0.4, -0.2) is 37.0 Å². The van der Waals surface area contributed by atoms with Crippen LogP contribution in [-0.2, 0) is 0 Å². The molecule has 1 atom stereocenters. The van der Waals surface area contributed by atoms with E-state index in [1.54, 1.807) is 7.11 Å². The first-order valence-corrected chi connectivity index (χ1v) is 5.33. The Labute approximate surface area is 95.9 Å². The fourth-order valence-corrected chi connectivity index (χ4v) is 1.54. The van der Waals surface area contributed by atoms with Gasteiger partial charge in [0.15, 0.2) is 0 Å². The number of methoxy groups -OCH3 is 1. The first-order valence-electron chi connectivity index (χ1n) is 5.33. The molecule has 0 bridgehead atoms. The van der Waals surface area contributed by atoms with Gasteiger partial charge in [-0.05, 0) is 19.1 Å². The minimum absolute atomic E-state index is 0.0671. The van der Waals surface area contributed by atoms with Crippen molar-refractivity contribution in [3.8, 4) is 5.75 Å². The van der Waals surface area contributed by atoms with Gasteiger partial charge < -0.3 is 20.3 Å². The summed E-state index contributed by atoms with van der Waals surface area (Å²) >= 11 is 0. The molecule has 0 radical (unpaired) electrons. The summed E-state index contributed by atoms with van der Waals surface area (Å²) in [4.78, 5) is 0. The Kier molecular flexibility index (Phi) is 5.25. The van der Waals surface area contributed by atoms with Gasteiger partial charge in [-0.15, -0.1) is 0 Å². The van der Waals surface area contributed by atoms with Crippen molar-refractivity contribution in [1.82, 2.24) is 5.32 Å². The van der Waals surface area contributed by atoms with Gasteiger partial charge in [-0.3, -0.25) is 0 Å². The SMILES string of the molecule is COc1ccc(C)cc1C(O)CNCCO. The van der Waals surface area contributed by atoms with E-state index in [2.05, 4.69) is 5.32 Å². The third-order valence-corrected chi connectivity index (χ3v) is 2.37. The monoisotopic (exact) mass is 225 g/mol. The predicted molar refractivity (Wildman–Crippen MR) is 62.6 cm³/mol. The van der Waals surface area contributed by atoms with Gasteiger partial charge in [0, 0.05) is 18.7 Å². The molecule has 0 aliphatic carbocycles. The molecule has 0 aromatic heterocycles. The van der Waals surface area contributed by atoms with Crippen molar-refractivity contribution in [2.75, 3.05) is 26.8 Å². The maximum Gasteiger partial charge on any atom is 0.124 e. The fourth-order valence-electron chi connectivity index (χ4n) is 1.54. The number of ether oxygens (including phenoxy) is 1. The number of nitrogens with one attached hydrogen (secondary N) is 1. The van der Waals surface area contributed by atoms with Crippen molar-refractivity contribution >= 4 is 0 Å². The summed E-state index contributed by atoms with van der Waals surface area (Å²) in [6, 6.07) is 5.69. The van der Waals surface area contributed by atoms with Gasteiger partial charge in [-0.25, -0.2) is 0 Å². The molecule has 16 heavy (non-hydrogen) atoms. The van der Waals surface area contributed by atoms with E-state index in [4.69, 9.17) is 9.84 Å². The first kappa shape index (κ1) is 13.0. The number of hydrogen-bond acceptors (Lipinski definition) is 4. The largest absolute Gasteiger partial charge is 0.496 e. The van der Waals surface area contributed by atoms with Crippen LogP contribution in [0.4, 0.5) is 0 Å². The van der Waals surface area contributed by atoms with Gasteiger partial charge in [-0.1, -0.05) is 11.6 Å². The van der Waals surface area contributed by atoms with E-state index in [1.165, 1.54) is 0 Å². The number of rotatable bonds is 6. The van der Waals surface area contributed by atoms with Crippen LogP contribution in [0.5, 0.6) is 5.75 Å². The van der Waals surface area contributed by atoms with Gasteiger partial charge in [0.05, 0.1) is 19.8 Å². The maximum absolute atomic E-state index is 9.96. The first-order chi connectivity index (χ1) is 7.69. The lowest BCUT2D eigenvalue weighted by atomic mass is 10.1. The lowest BCUT2D eigenvalue weighted by Crippen LogP contribution is -2.24. The van der Waals surface area contributed by atoms with Crippen molar-refractivity contribution < 1.29 is 14.9 Å². The van der Waals surface area contributed by atoms with Gasteiger partial charge >= 0.3 is 0 Å². The summed E-state index contributed by atoms with van der Waals surface area (Å²) in [5, 5.41) is 21.5. The molecule has 0 amide bonds. The molecule has 1 aromatic rings. The Bertz CT molecular complexity index is 328. The number of hydrogen-bond donors (Lipinski definition) is 3. The second kappa shape index (κ2) is 6.48. The van der Waals surface area contributed by atoms with Crippen LogP contribution in [0.3, 0.4) is 0 Å². The number of aliphatic hydroxyl groups excluding tert-OH is 2. The molecule has 1 aromatic carbocycles. The molecule has 1 unspecified atom stereocenters. The van der Waals surface area contributed by atoms with Crippen molar-refractivity contribution in [1.29, 1.82) is 0 Å². The molecule has 1 rings (SSSR count). The summed E-state index contributed by atoms with van der Waals surface area (Å²) in [7, 11) is 1.59. The van der Waals surface area contributed by atoms with Crippen LogP contribution >= 0.6 is 0 Å². The van der Waals surface area contributed by atoms with Crippen molar-refractivity contribution in [2.45, 2.75) is 13.0 Å². The highest BCUT2D eigenvalue weighted by Crippen LogP contribution is 2.25. The fraction of sp³-hybridized carbons (Fsp3) is 0.500. The Morgan fingerprint density at radius 1 is 1.44 bits per heavy atom. The third-order valence-electron chi connectivity index (χ3n) is 2.37. The second-order valence-electron chi connectivity index (χ2n) is 3.69. The van der Waals surface area contributed by atoms with E-state index >= 15 is 0 Å². The topological polar surface area (TPSA) is 61.7 Å². The Balaban J connectivity index is 2.72. The van der Waals surface area contributed by atoms with Crippen LogP contribution in [0.1, 0.15) is 17.2 Å². The normalized spacial score (nSPS) is 12.5. The summed E-state index contributed by atoms with van der Waals surface area (Å²) in [6.45, 7) is 2.92. The average molecular weight is 225 g/mol. The van der Waals surface area contributed by atoms with E-state index in [0.29, 0.717) is 18.8 Å². The zero-order chi connectivity index (χ0) is 12.0. The molecule has 90 valence electrons. The van der Waals surface area contributed by atoms with Crippen LogP contribution in [0.2, 0.25) is 0 Å². The number of aryl methyl sites for hydroxylation is 1. The van der Waals surface area contributed by atoms with Gasteiger partial charge in [-0.2, -0.15) is 0 Å². The number of benzene rings is 1. The maximum atomic E-state index is 9.96. The Morgan fingerprint density at radius 2 is 2.19 bits per heavy atom. The summed E-state index contributed by atoms with van der Waals surface area (Å²) in [6.07, 6.45) is -0.624. The summed E-state index contributed by atoms with van der Waals surface area (Å²) in [5.74, 6) is 0.684. The molecule has 0 spiro atoms. The summed E-state index contributed by atoms with van der Waals surface area (Å²) < 4.78 is 5.19. The van der Waals surface area contributed by atoms with E-state index < -0.39 is 6.10 Å². The van der Waals surface area contributed by atoms with Gasteiger partial charge in [0.1, 0.15) is 5.75 Å². The van der Waals surface area contributed by atoms with Crippen LogP contribution in [0, 0.1) is 6.92 Å². The molecule has 0 heterocycles. The van der Waals surface area contributed by atoms with E-state index in [-0.39, 0.29) is 6.61 Å². The lowest BCUT2D eigenvalue weighted by molar-refractivity contribution is 0.167. The molecule has 0 aliphatic rings. The molecule has 0 saturated heterocycles. The quantitative estimate of drug-likeness (QED) is 0.621. The second-order valence-corrected chi connectivity index (χ2v) is 3.69. The predicted octanol–water partition coefficient (Wildman–Crippen LogP) is 0.619. The highest BCUT2D eigenvalue weighted by molar-refractivity contribution is 5.38. The Morgan fingerprint density at radius 3 is 2.81 bits per heavy atom. The minimum atomic E-state index is -0.624. The summed E-state index contributed by atoms with van der Waals surface area (Å²) in [5.41, 5.74) is 1.85. The van der Waals surface area contributed by atoms with Crippen LogP contribution < -0.4 is 10.1 Å². The van der Waals surface area contributed by atoms with Crippen molar-refractivity contribution in [3.05, 3.63) is 29.3 Å². The highest BCUT2D eigenvalue weighted by Gasteiger charge is 2.12. The van der Waals surface area contributed by atoms with E-state index in [0.717, 1.165) is 11.1 Å². The molecule has 0 saturated carbocycles. The molecule has 0 aliphatic heterocycles. The highest BCUT2D eigenvalue weighted by atomic mass is 16.5. The van der Waals surface area contributed by atoms with E-state index in [1.807, 2.05) is 25.1 Å². The molecule has 3 N–H and O–H groups in total. The third kappa shape index (κ3) is 3.48. The van der Waals surface area contributed by atoms with Gasteiger partial charge in [0.25, 0.3) is 0 Å². The molecular formula is C12H19NO3. The zero-order valence-corrected chi connectivity index (χ0v) is 9.73. The van der Waals surface area contributed by atoms with Crippen molar-refractivity contribution in [2.24, 2.45) is 0 Å². The van der Waals surface area contributed by atoms with Crippen LogP contribution in [0.25, 0.3) is 0 Å².